The number of rotatable bonds is 1. The second kappa shape index (κ2) is 4.58. The Kier molecular flexibility index (Phi) is 2.97. The van der Waals surface area contributed by atoms with Gasteiger partial charge in [0.05, 0.1) is 5.56 Å². The van der Waals surface area contributed by atoms with Gasteiger partial charge < -0.3 is 0 Å². The SMILES string of the molecule is Cc1ccc2c(c1)cc(C=O)c1ccc(C(F)(F)F)cc12. The lowest BCUT2D eigenvalue weighted by molar-refractivity contribution is -0.137. The van der Waals surface area contributed by atoms with Crippen molar-refractivity contribution in [3.63, 3.8) is 0 Å². The molecule has 1 nitrogen and oxygen atoms in total. The van der Waals surface area contributed by atoms with Crippen LogP contribution in [0.5, 0.6) is 0 Å². The molecule has 0 unspecified atom stereocenters. The van der Waals surface area contributed by atoms with Crippen molar-refractivity contribution in [2.24, 2.45) is 0 Å². The van der Waals surface area contributed by atoms with Crippen LogP contribution in [-0.2, 0) is 6.18 Å². The number of hydrogen-bond acceptors (Lipinski definition) is 1. The molecule has 0 saturated carbocycles. The number of carbonyl (C=O) groups excluding carboxylic acids is 1. The van der Waals surface area contributed by atoms with Gasteiger partial charge in [0.25, 0.3) is 0 Å². The Balaban J connectivity index is 2.48. The zero-order valence-corrected chi connectivity index (χ0v) is 11.2. The molecule has 3 rings (SSSR count). The molecule has 0 saturated heterocycles. The van der Waals surface area contributed by atoms with Crippen molar-refractivity contribution < 1.29 is 18.0 Å². The summed E-state index contributed by atoms with van der Waals surface area (Å²) in [6.45, 7) is 1.90. The third-order valence-corrected chi connectivity index (χ3v) is 3.59. The number of benzene rings is 3. The van der Waals surface area contributed by atoms with Crippen LogP contribution in [0.3, 0.4) is 0 Å². The van der Waals surface area contributed by atoms with Gasteiger partial charge in [-0.15, -0.1) is 0 Å². The Labute approximate surface area is 119 Å². The third-order valence-electron chi connectivity index (χ3n) is 3.59. The van der Waals surface area contributed by atoms with Crippen molar-refractivity contribution in [2.75, 3.05) is 0 Å². The van der Waals surface area contributed by atoms with E-state index in [2.05, 4.69) is 0 Å². The maximum atomic E-state index is 12.9. The van der Waals surface area contributed by atoms with Gasteiger partial charge in [-0.2, -0.15) is 13.2 Å². The molecule has 106 valence electrons. The summed E-state index contributed by atoms with van der Waals surface area (Å²) < 4.78 is 38.7. The number of aryl methyl sites for hydroxylation is 1. The minimum Gasteiger partial charge on any atom is -0.298 e. The lowest BCUT2D eigenvalue weighted by Gasteiger charge is -2.11. The minimum absolute atomic E-state index is 0.400. The molecule has 4 heteroatoms. The molecule has 0 radical (unpaired) electrons. The van der Waals surface area contributed by atoms with E-state index in [-0.39, 0.29) is 0 Å². The Bertz CT molecular complexity index is 863. The number of carbonyl (C=O) groups is 1. The van der Waals surface area contributed by atoms with Crippen molar-refractivity contribution in [1.29, 1.82) is 0 Å². The maximum absolute atomic E-state index is 12.9. The Morgan fingerprint density at radius 3 is 2.29 bits per heavy atom. The fourth-order valence-electron chi connectivity index (χ4n) is 2.58. The molecule has 0 aliphatic heterocycles. The molecule has 0 fully saturated rings. The van der Waals surface area contributed by atoms with Crippen LogP contribution in [-0.4, -0.2) is 6.29 Å². The van der Waals surface area contributed by atoms with Crippen LogP contribution in [0.2, 0.25) is 0 Å². The van der Waals surface area contributed by atoms with E-state index >= 15 is 0 Å². The first kappa shape index (κ1) is 13.6. The van der Waals surface area contributed by atoms with Gasteiger partial charge in [-0.1, -0.05) is 29.8 Å². The van der Waals surface area contributed by atoms with Crippen LogP contribution in [0.1, 0.15) is 21.5 Å². The van der Waals surface area contributed by atoms with E-state index in [0.717, 1.165) is 23.1 Å². The molecule has 3 aromatic carbocycles. The van der Waals surface area contributed by atoms with Crippen molar-refractivity contribution >= 4 is 27.8 Å². The standard InChI is InChI=1S/C17H11F3O/c1-10-2-4-14-11(6-10)7-12(9-21)15-5-3-13(8-16(14)15)17(18,19)20/h2-9H,1H3. The van der Waals surface area contributed by atoms with Crippen LogP contribution >= 0.6 is 0 Å². The van der Waals surface area contributed by atoms with E-state index in [0.29, 0.717) is 28.0 Å². The summed E-state index contributed by atoms with van der Waals surface area (Å²) in [4.78, 5) is 11.2. The van der Waals surface area contributed by atoms with E-state index < -0.39 is 11.7 Å². The van der Waals surface area contributed by atoms with Crippen LogP contribution in [0, 0.1) is 6.92 Å². The second-order valence-electron chi connectivity index (χ2n) is 5.07. The van der Waals surface area contributed by atoms with Gasteiger partial charge in [-0.3, -0.25) is 4.79 Å². The van der Waals surface area contributed by atoms with Gasteiger partial charge in [0.2, 0.25) is 0 Å². The number of aldehydes is 1. The zero-order chi connectivity index (χ0) is 15.2. The summed E-state index contributed by atoms with van der Waals surface area (Å²) in [6, 6.07) is 10.7. The van der Waals surface area contributed by atoms with Crippen LogP contribution in [0.25, 0.3) is 21.5 Å². The Morgan fingerprint density at radius 1 is 0.905 bits per heavy atom. The highest BCUT2D eigenvalue weighted by molar-refractivity contribution is 6.13. The molecule has 0 amide bonds. The molecule has 3 aromatic rings. The first-order chi connectivity index (χ1) is 9.90. The highest BCUT2D eigenvalue weighted by atomic mass is 19.4. The van der Waals surface area contributed by atoms with Gasteiger partial charge >= 0.3 is 6.18 Å². The lowest BCUT2D eigenvalue weighted by atomic mass is 9.95. The Hall–Kier alpha value is -2.36. The molecule has 0 N–H and O–H groups in total. The van der Waals surface area contributed by atoms with Crippen molar-refractivity contribution in [2.45, 2.75) is 13.1 Å². The number of fused-ring (bicyclic) bond motifs is 3. The second-order valence-corrected chi connectivity index (χ2v) is 5.07. The number of hydrogen-bond donors (Lipinski definition) is 0. The largest absolute Gasteiger partial charge is 0.416 e. The maximum Gasteiger partial charge on any atom is 0.416 e. The van der Waals surface area contributed by atoms with Crippen LogP contribution in [0.4, 0.5) is 13.2 Å². The van der Waals surface area contributed by atoms with Crippen LogP contribution in [0.15, 0.2) is 42.5 Å². The lowest BCUT2D eigenvalue weighted by Crippen LogP contribution is -2.04. The van der Waals surface area contributed by atoms with Crippen molar-refractivity contribution in [1.82, 2.24) is 0 Å². The smallest absolute Gasteiger partial charge is 0.298 e. The summed E-state index contributed by atoms with van der Waals surface area (Å²) in [5, 5.41) is 2.47. The van der Waals surface area contributed by atoms with E-state index in [1.54, 1.807) is 12.1 Å². The molecule has 0 bridgehead atoms. The number of alkyl halides is 3. The fourth-order valence-corrected chi connectivity index (χ4v) is 2.58. The van der Waals surface area contributed by atoms with Gasteiger partial charge in [-0.25, -0.2) is 0 Å². The molecular formula is C17H11F3O. The molecule has 0 heterocycles. The average molecular weight is 288 g/mol. The molecule has 21 heavy (non-hydrogen) atoms. The van der Waals surface area contributed by atoms with Crippen molar-refractivity contribution in [3.05, 3.63) is 59.2 Å². The van der Waals surface area contributed by atoms with Gasteiger partial charge in [0.1, 0.15) is 0 Å². The highest BCUT2D eigenvalue weighted by Crippen LogP contribution is 2.35. The summed E-state index contributed by atoms with van der Waals surface area (Å²) in [6.07, 6.45) is -3.72. The topological polar surface area (TPSA) is 17.1 Å². The Morgan fingerprint density at radius 2 is 1.62 bits per heavy atom. The molecule has 0 aliphatic carbocycles. The average Bonchev–Trinajstić information content (AvgIpc) is 2.44. The third kappa shape index (κ3) is 2.27. The molecule has 0 atom stereocenters. The zero-order valence-electron chi connectivity index (χ0n) is 11.2. The quantitative estimate of drug-likeness (QED) is 0.448. The number of halogens is 3. The van der Waals surface area contributed by atoms with E-state index in [9.17, 15) is 18.0 Å². The molecule has 0 aliphatic rings. The molecule has 0 spiro atoms. The minimum atomic E-state index is -4.40. The van der Waals surface area contributed by atoms with Gasteiger partial charge in [-0.05, 0) is 46.7 Å². The highest BCUT2D eigenvalue weighted by Gasteiger charge is 2.30. The summed E-state index contributed by atoms with van der Waals surface area (Å²) in [5.74, 6) is 0. The monoisotopic (exact) mass is 288 g/mol. The predicted octanol–water partition coefficient (Wildman–Crippen LogP) is 5.13. The van der Waals surface area contributed by atoms with Crippen LogP contribution < -0.4 is 0 Å². The summed E-state index contributed by atoms with van der Waals surface area (Å²) >= 11 is 0. The fraction of sp³-hybridized carbons (Fsp3) is 0.118. The first-order valence-corrected chi connectivity index (χ1v) is 6.39. The van der Waals surface area contributed by atoms with Crippen molar-refractivity contribution in [3.8, 4) is 0 Å². The summed E-state index contributed by atoms with van der Waals surface area (Å²) in [5.41, 5.74) is 0.683. The molecule has 0 aromatic heterocycles. The molecular weight excluding hydrogens is 277 g/mol. The van der Waals surface area contributed by atoms with Gasteiger partial charge in [0.15, 0.2) is 6.29 Å². The van der Waals surface area contributed by atoms with Gasteiger partial charge in [0, 0.05) is 5.56 Å². The first-order valence-electron chi connectivity index (χ1n) is 6.39. The van der Waals surface area contributed by atoms with E-state index in [1.807, 2.05) is 19.1 Å². The predicted molar refractivity (Wildman–Crippen MR) is 76.6 cm³/mol. The normalized spacial score (nSPS) is 12.0. The summed E-state index contributed by atoms with van der Waals surface area (Å²) in [7, 11) is 0. The van der Waals surface area contributed by atoms with E-state index in [4.69, 9.17) is 0 Å². The van der Waals surface area contributed by atoms with E-state index in [1.165, 1.54) is 6.07 Å².